The van der Waals surface area contributed by atoms with E-state index in [-0.39, 0.29) is 6.42 Å². The largest absolute Gasteiger partial charge is 0.481 e. The Bertz CT molecular complexity index is 502. The second kappa shape index (κ2) is 6.26. The molecule has 1 heterocycles. The van der Waals surface area contributed by atoms with Crippen LogP contribution in [0.15, 0.2) is 6.07 Å². The lowest BCUT2D eigenvalue weighted by molar-refractivity contribution is -0.137. The lowest BCUT2D eigenvalue weighted by Gasteiger charge is -2.23. The summed E-state index contributed by atoms with van der Waals surface area (Å²) in [4.78, 5) is 24.7. The fourth-order valence-electron chi connectivity index (χ4n) is 1.84. The maximum atomic E-state index is 11.8. The number of aliphatic carboxylic acids is 1. The zero-order chi connectivity index (χ0) is 15.5. The molecule has 0 spiro atoms. The Morgan fingerprint density at radius 1 is 1.40 bits per heavy atom. The third-order valence-corrected chi connectivity index (χ3v) is 3.73. The fraction of sp³-hybridized carbons (Fsp3) is 0.571. The van der Waals surface area contributed by atoms with Gasteiger partial charge in [-0.3, -0.25) is 4.79 Å². The van der Waals surface area contributed by atoms with Crippen molar-refractivity contribution in [3.63, 3.8) is 0 Å². The van der Waals surface area contributed by atoms with Crippen molar-refractivity contribution in [1.29, 1.82) is 0 Å². The number of thiophene rings is 1. The van der Waals surface area contributed by atoms with Crippen molar-refractivity contribution in [3.05, 3.63) is 21.4 Å². The Balaban J connectivity index is 2.88. The number of carboxylic acid groups (broad SMARTS) is 1. The van der Waals surface area contributed by atoms with Crippen molar-refractivity contribution in [3.8, 4) is 0 Å². The summed E-state index contributed by atoms with van der Waals surface area (Å²) in [7, 11) is 0. The van der Waals surface area contributed by atoms with E-state index in [1.807, 2.05) is 19.9 Å². The van der Waals surface area contributed by atoms with Crippen LogP contribution in [0, 0.1) is 13.8 Å². The third kappa shape index (κ3) is 5.21. The molecule has 0 radical (unpaired) electrons. The first-order valence-corrected chi connectivity index (χ1v) is 7.18. The predicted molar refractivity (Wildman–Crippen MR) is 78.2 cm³/mol. The van der Waals surface area contributed by atoms with Gasteiger partial charge in [-0.05, 0) is 46.2 Å². The highest BCUT2D eigenvalue weighted by Gasteiger charge is 2.24. The van der Waals surface area contributed by atoms with E-state index in [1.165, 1.54) is 11.3 Å². The second-order valence-corrected chi connectivity index (χ2v) is 6.99. The van der Waals surface area contributed by atoms with Crippen LogP contribution in [-0.4, -0.2) is 22.8 Å². The van der Waals surface area contributed by atoms with Crippen LogP contribution in [0.1, 0.15) is 48.6 Å². The lowest BCUT2D eigenvalue weighted by atomic mass is 10.1. The highest BCUT2D eigenvalue weighted by atomic mass is 32.1. The Labute approximate surface area is 123 Å². The SMILES string of the molecule is Cc1cc(C)c(C(CC(=O)O)NC(=O)OC(C)(C)C)s1. The predicted octanol–water partition coefficient (Wildman–Crippen LogP) is 3.41. The highest BCUT2D eigenvalue weighted by molar-refractivity contribution is 7.12. The zero-order valence-electron chi connectivity index (χ0n) is 12.4. The van der Waals surface area contributed by atoms with Gasteiger partial charge in [0.1, 0.15) is 5.60 Å². The summed E-state index contributed by atoms with van der Waals surface area (Å²) < 4.78 is 5.18. The van der Waals surface area contributed by atoms with Crippen LogP contribution in [0.3, 0.4) is 0 Å². The average Bonchev–Trinajstić information content (AvgIpc) is 2.53. The Kier molecular flexibility index (Phi) is 5.16. The number of ether oxygens (including phenoxy) is 1. The molecule has 0 saturated heterocycles. The molecule has 1 atom stereocenters. The van der Waals surface area contributed by atoms with E-state index in [2.05, 4.69) is 5.32 Å². The van der Waals surface area contributed by atoms with Crippen molar-refractivity contribution >= 4 is 23.4 Å². The minimum atomic E-state index is -0.962. The van der Waals surface area contributed by atoms with E-state index in [0.717, 1.165) is 15.3 Å². The maximum absolute atomic E-state index is 11.8. The van der Waals surface area contributed by atoms with Gasteiger partial charge in [-0.1, -0.05) is 0 Å². The van der Waals surface area contributed by atoms with Gasteiger partial charge in [-0.15, -0.1) is 11.3 Å². The van der Waals surface area contributed by atoms with Crippen LogP contribution in [0.25, 0.3) is 0 Å². The molecule has 6 heteroatoms. The number of hydrogen-bond donors (Lipinski definition) is 2. The van der Waals surface area contributed by atoms with Gasteiger partial charge in [-0.25, -0.2) is 4.79 Å². The fourth-order valence-corrected chi connectivity index (χ4v) is 2.93. The van der Waals surface area contributed by atoms with Gasteiger partial charge in [0.15, 0.2) is 0 Å². The molecule has 0 aromatic carbocycles. The first-order valence-electron chi connectivity index (χ1n) is 6.36. The standard InChI is InChI=1S/C14H21NO4S/c1-8-6-9(2)20-12(8)10(7-11(16)17)15-13(18)19-14(3,4)5/h6,10H,7H2,1-5H3,(H,15,18)(H,16,17). The average molecular weight is 299 g/mol. The number of carboxylic acids is 1. The minimum absolute atomic E-state index is 0.167. The number of nitrogens with one attached hydrogen (secondary N) is 1. The number of aryl methyl sites for hydroxylation is 2. The van der Waals surface area contributed by atoms with Gasteiger partial charge in [0.05, 0.1) is 12.5 Å². The Morgan fingerprint density at radius 2 is 2.00 bits per heavy atom. The van der Waals surface area contributed by atoms with Crippen LogP contribution in [-0.2, 0) is 9.53 Å². The van der Waals surface area contributed by atoms with E-state index in [1.54, 1.807) is 20.8 Å². The first-order chi connectivity index (χ1) is 9.08. The van der Waals surface area contributed by atoms with Crippen LogP contribution in [0.5, 0.6) is 0 Å². The summed E-state index contributed by atoms with van der Waals surface area (Å²) in [6.45, 7) is 9.15. The lowest BCUT2D eigenvalue weighted by Crippen LogP contribution is -2.35. The smallest absolute Gasteiger partial charge is 0.408 e. The molecule has 0 aliphatic rings. The molecule has 1 aromatic rings. The van der Waals surface area contributed by atoms with Crippen molar-refractivity contribution in [2.45, 2.75) is 52.7 Å². The number of rotatable bonds is 4. The van der Waals surface area contributed by atoms with Crippen molar-refractivity contribution in [2.75, 3.05) is 0 Å². The normalized spacial score (nSPS) is 12.8. The molecule has 20 heavy (non-hydrogen) atoms. The van der Waals surface area contributed by atoms with Crippen molar-refractivity contribution < 1.29 is 19.4 Å². The summed E-state index contributed by atoms with van der Waals surface area (Å²) in [5.41, 5.74) is 0.368. The van der Waals surface area contributed by atoms with Gasteiger partial charge in [0.2, 0.25) is 0 Å². The zero-order valence-corrected chi connectivity index (χ0v) is 13.3. The molecule has 0 aliphatic heterocycles. The van der Waals surface area contributed by atoms with Gasteiger partial charge in [0.25, 0.3) is 0 Å². The maximum Gasteiger partial charge on any atom is 0.408 e. The summed E-state index contributed by atoms with van der Waals surface area (Å²) >= 11 is 1.49. The molecule has 0 bridgehead atoms. The van der Waals surface area contributed by atoms with E-state index in [4.69, 9.17) is 9.84 Å². The molecule has 1 unspecified atom stereocenters. The molecular formula is C14H21NO4S. The minimum Gasteiger partial charge on any atom is -0.481 e. The molecule has 1 aromatic heterocycles. The summed E-state index contributed by atoms with van der Waals surface area (Å²) in [6.07, 6.45) is -0.769. The molecule has 2 N–H and O–H groups in total. The molecule has 112 valence electrons. The summed E-state index contributed by atoms with van der Waals surface area (Å²) in [5, 5.41) is 11.6. The van der Waals surface area contributed by atoms with Crippen LogP contribution < -0.4 is 5.32 Å². The molecule has 1 amide bonds. The Hall–Kier alpha value is -1.56. The number of carbonyl (C=O) groups excluding carboxylic acids is 1. The monoisotopic (exact) mass is 299 g/mol. The summed E-state index contributed by atoms with van der Waals surface area (Å²) in [5.74, 6) is -0.962. The molecule has 0 aliphatic carbocycles. The van der Waals surface area contributed by atoms with Crippen LogP contribution in [0.2, 0.25) is 0 Å². The van der Waals surface area contributed by atoms with Crippen molar-refractivity contribution in [2.24, 2.45) is 0 Å². The van der Waals surface area contributed by atoms with Gasteiger partial charge < -0.3 is 15.2 Å². The van der Waals surface area contributed by atoms with Gasteiger partial charge in [0, 0.05) is 9.75 Å². The van der Waals surface area contributed by atoms with E-state index in [0.29, 0.717) is 0 Å². The quantitative estimate of drug-likeness (QED) is 0.893. The van der Waals surface area contributed by atoms with E-state index < -0.39 is 23.7 Å². The molecule has 0 saturated carbocycles. The summed E-state index contributed by atoms with van der Waals surface area (Å²) in [6, 6.07) is 1.41. The molecular weight excluding hydrogens is 278 g/mol. The topological polar surface area (TPSA) is 75.6 Å². The number of hydrogen-bond acceptors (Lipinski definition) is 4. The number of alkyl carbamates (subject to hydrolysis) is 1. The van der Waals surface area contributed by atoms with Gasteiger partial charge >= 0.3 is 12.1 Å². The van der Waals surface area contributed by atoms with Crippen LogP contribution in [0.4, 0.5) is 4.79 Å². The number of amides is 1. The first kappa shape index (κ1) is 16.5. The second-order valence-electron chi connectivity index (χ2n) is 5.70. The molecule has 5 nitrogen and oxygen atoms in total. The van der Waals surface area contributed by atoms with Crippen molar-refractivity contribution in [1.82, 2.24) is 5.32 Å². The van der Waals surface area contributed by atoms with E-state index >= 15 is 0 Å². The number of carbonyl (C=O) groups is 2. The third-order valence-electron chi connectivity index (χ3n) is 2.47. The highest BCUT2D eigenvalue weighted by Crippen LogP contribution is 2.29. The van der Waals surface area contributed by atoms with Crippen LogP contribution >= 0.6 is 11.3 Å². The molecule has 1 rings (SSSR count). The molecule has 0 fully saturated rings. The van der Waals surface area contributed by atoms with Gasteiger partial charge in [-0.2, -0.15) is 0 Å². The van der Waals surface area contributed by atoms with E-state index in [9.17, 15) is 9.59 Å². The Morgan fingerprint density at radius 3 is 2.40 bits per heavy atom.